The normalized spacial score (nSPS) is 12.6. The molecule has 3 N–H and O–H groups in total. The third-order valence-electron chi connectivity index (χ3n) is 3.48. The van der Waals surface area contributed by atoms with Gasteiger partial charge in [0.15, 0.2) is 0 Å². The van der Waals surface area contributed by atoms with E-state index >= 15 is 0 Å². The van der Waals surface area contributed by atoms with E-state index in [4.69, 9.17) is 5.84 Å². The average Bonchev–Trinajstić information content (AvgIpc) is 2.87. The van der Waals surface area contributed by atoms with Gasteiger partial charge in [0.25, 0.3) is 0 Å². The Morgan fingerprint density at radius 3 is 2.75 bits per heavy atom. The lowest BCUT2D eigenvalue weighted by molar-refractivity contribution is 0.507. The molecular formula is C15H23N5. The predicted molar refractivity (Wildman–Crippen MR) is 80.0 cm³/mol. The van der Waals surface area contributed by atoms with Crippen LogP contribution in [0.1, 0.15) is 42.5 Å². The number of hydrogen-bond acceptors (Lipinski definition) is 4. The van der Waals surface area contributed by atoms with Crippen LogP contribution in [0.15, 0.2) is 24.4 Å². The van der Waals surface area contributed by atoms with E-state index in [0.29, 0.717) is 0 Å². The SMILES string of the molecule is CCc1cc(CC(NN)c2cc(C)ccn2)n(CC)n1. The number of hydrogen-bond donors (Lipinski definition) is 2. The van der Waals surface area contributed by atoms with Crippen LogP contribution in [0.2, 0.25) is 0 Å². The first-order valence-corrected chi connectivity index (χ1v) is 7.12. The van der Waals surface area contributed by atoms with E-state index in [1.807, 2.05) is 16.9 Å². The molecule has 2 aromatic heterocycles. The fourth-order valence-corrected chi connectivity index (χ4v) is 2.33. The summed E-state index contributed by atoms with van der Waals surface area (Å²) in [6, 6.07) is 6.21. The van der Waals surface area contributed by atoms with Crippen LogP contribution in [0.3, 0.4) is 0 Å². The smallest absolute Gasteiger partial charge is 0.0687 e. The summed E-state index contributed by atoms with van der Waals surface area (Å²) in [4.78, 5) is 4.42. The maximum atomic E-state index is 5.71. The van der Waals surface area contributed by atoms with E-state index in [1.54, 1.807) is 0 Å². The minimum atomic E-state index is 0.00149. The van der Waals surface area contributed by atoms with Crippen molar-refractivity contribution in [3.8, 4) is 0 Å². The third-order valence-corrected chi connectivity index (χ3v) is 3.48. The van der Waals surface area contributed by atoms with Gasteiger partial charge in [0.1, 0.15) is 0 Å². The van der Waals surface area contributed by atoms with E-state index in [9.17, 15) is 0 Å². The van der Waals surface area contributed by atoms with Crippen molar-refractivity contribution in [1.29, 1.82) is 0 Å². The Morgan fingerprint density at radius 1 is 1.35 bits per heavy atom. The number of nitrogens with two attached hydrogens (primary N) is 1. The molecule has 5 heteroatoms. The van der Waals surface area contributed by atoms with E-state index in [1.165, 1.54) is 11.3 Å². The highest BCUT2D eigenvalue weighted by Crippen LogP contribution is 2.18. The molecule has 0 aliphatic rings. The van der Waals surface area contributed by atoms with Crippen LogP contribution in [-0.2, 0) is 19.4 Å². The van der Waals surface area contributed by atoms with Crippen LogP contribution in [0, 0.1) is 6.92 Å². The van der Waals surface area contributed by atoms with Crippen molar-refractivity contribution in [2.75, 3.05) is 0 Å². The second kappa shape index (κ2) is 6.63. The van der Waals surface area contributed by atoms with Crippen LogP contribution >= 0.6 is 0 Å². The summed E-state index contributed by atoms with van der Waals surface area (Å²) >= 11 is 0. The van der Waals surface area contributed by atoms with Crippen molar-refractivity contribution in [2.45, 2.75) is 46.2 Å². The molecular weight excluding hydrogens is 250 g/mol. The number of aryl methyl sites for hydroxylation is 3. The Bertz CT molecular complexity index is 561. The summed E-state index contributed by atoms with van der Waals surface area (Å²) in [5.74, 6) is 5.71. The van der Waals surface area contributed by atoms with Gasteiger partial charge in [0, 0.05) is 24.9 Å². The van der Waals surface area contributed by atoms with Crippen molar-refractivity contribution in [3.63, 3.8) is 0 Å². The fraction of sp³-hybridized carbons (Fsp3) is 0.467. The van der Waals surface area contributed by atoms with Gasteiger partial charge in [-0.2, -0.15) is 5.10 Å². The molecule has 0 aliphatic carbocycles. The van der Waals surface area contributed by atoms with Gasteiger partial charge < -0.3 is 0 Å². The molecule has 0 spiro atoms. The number of nitrogens with one attached hydrogen (secondary N) is 1. The van der Waals surface area contributed by atoms with Crippen LogP contribution < -0.4 is 11.3 Å². The summed E-state index contributed by atoms with van der Waals surface area (Å²) in [6.45, 7) is 7.15. The topological polar surface area (TPSA) is 68.8 Å². The molecule has 2 rings (SSSR count). The van der Waals surface area contributed by atoms with Crippen molar-refractivity contribution >= 4 is 0 Å². The molecule has 0 aliphatic heterocycles. The maximum Gasteiger partial charge on any atom is 0.0687 e. The highest BCUT2D eigenvalue weighted by Gasteiger charge is 2.15. The Labute approximate surface area is 120 Å². The zero-order valence-corrected chi connectivity index (χ0v) is 12.4. The first-order chi connectivity index (χ1) is 9.67. The summed E-state index contributed by atoms with van der Waals surface area (Å²) in [5.41, 5.74) is 7.34. The zero-order chi connectivity index (χ0) is 14.5. The molecule has 20 heavy (non-hydrogen) atoms. The highest BCUT2D eigenvalue weighted by atomic mass is 15.3. The molecule has 0 amide bonds. The van der Waals surface area contributed by atoms with E-state index < -0.39 is 0 Å². The molecule has 1 unspecified atom stereocenters. The summed E-state index contributed by atoms with van der Waals surface area (Å²) in [5, 5.41) is 4.57. The Morgan fingerprint density at radius 2 is 2.15 bits per heavy atom. The number of rotatable bonds is 6. The van der Waals surface area contributed by atoms with Gasteiger partial charge in [-0.25, -0.2) is 0 Å². The highest BCUT2D eigenvalue weighted by molar-refractivity contribution is 5.20. The van der Waals surface area contributed by atoms with Crippen molar-refractivity contribution in [3.05, 3.63) is 47.0 Å². The molecule has 5 nitrogen and oxygen atoms in total. The molecule has 0 bridgehead atoms. The Balaban J connectivity index is 2.24. The van der Waals surface area contributed by atoms with E-state index in [-0.39, 0.29) is 6.04 Å². The van der Waals surface area contributed by atoms with Crippen LogP contribution in [-0.4, -0.2) is 14.8 Å². The number of hydrazine groups is 1. The predicted octanol–water partition coefficient (Wildman–Crippen LogP) is 1.92. The van der Waals surface area contributed by atoms with E-state index in [2.05, 4.69) is 48.4 Å². The lowest BCUT2D eigenvalue weighted by atomic mass is 10.1. The monoisotopic (exact) mass is 273 g/mol. The largest absolute Gasteiger partial charge is 0.271 e. The summed E-state index contributed by atoms with van der Waals surface area (Å²) in [6.07, 6.45) is 3.56. The van der Waals surface area contributed by atoms with E-state index in [0.717, 1.165) is 30.8 Å². The van der Waals surface area contributed by atoms with Crippen LogP contribution in [0.25, 0.3) is 0 Å². The Hall–Kier alpha value is -1.72. The van der Waals surface area contributed by atoms with Gasteiger partial charge in [-0.1, -0.05) is 6.92 Å². The number of nitrogens with zero attached hydrogens (tertiary/aromatic N) is 3. The van der Waals surface area contributed by atoms with Gasteiger partial charge in [-0.15, -0.1) is 0 Å². The minimum Gasteiger partial charge on any atom is -0.271 e. The summed E-state index contributed by atoms with van der Waals surface area (Å²) < 4.78 is 2.04. The molecule has 0 fully saturated rings. The molecule has 0 aromatic carbocycles. The number of pyridine rings is 1. The third kappa shape index (κ3) is 3.23. The van der Waals surface area contributed by atoms with Gasteiger partial charge >= 0.3 is 0 Å². The molecule has 0 radical (unpaired) electrons. The van der Waals surface area contributed by atoms with Crippen molar-refractivity contribution < 1.29 is 0 Å². The average molecular weight is 273 g/mol. The van der Waals surface area contributed by atoms with Crippen LogP contribution in [0.5, 0.6) is 0 Å². The molecule has 108 valence electrons. The van der Waals surface area contributed by atoms with Gasteiger partial charge in [0.2, 0.25) is 0 Å². The maximum absolute atomic E-state index is 5.71. The Kier molecular flexibility index (Phi) is 4.87. The van der Waals surface area contributed by atoms with Crippen molar-refractivity contribution in [1.82, 2.24) is 20.2 Å². The van der Waals surface area contributed by atoms with Crippen LogP contribution in [0.4, 0.5) is 0 Å². The molecule has 1 atom stereocenters. The lowest BCUT2D eigenvalue weighted by Gasteiger charge is -2.16. The van der Waals surface area contributed by atoms with Gasteiger partial charge in [0.05, 0.1) is 17.4 Å². The second-order valence-corrected chi connectivity index (χ2v) is 4.98. The summed E-state index contributed by atoms with van der Waals surface area (Å²) in [7, 11) is 0. The zero-order valence-electron chi connectivity index (χ0n) is 12.4. The number of aromatic nitrogens is 3. The van der Waals surface area contributed by atoms with Gasteiger partial charge in [-0.05, 0) is 44.0 Å². The molecule has 2 aromatic rings. The quantitative estimate of drug-likeness (QED) is 0.623. The van der Waals surface area contributed by atoms with Gasteiger partial charge in [-0.3, -0.25) is 20.9 Å². The first-order valence-electron chi connectivity index (χ1n) is 7.12. The fourth-order valence-electron chi connectivity index (χ4n) is 2.33. The molecule has 2 heterocycles. The standard InChI is InChI=1S/C15H23N5/c1-4-12-9-13(20(5-2)19-12)10-15(18-16)14-8-11(3)6-7-17-14/h6-9,15,18H,4-5,10,16H2,1-3H3. The van der Waals surface area contributed by atoms with Crippen molar-refractivity contribution in [2.24, 2.45) is 5.84 Å². The minimum absolute atomic E-state index is 0.00149. The first kappa shape index (κ1) is 14.7. The molecule has 0 saturated heterocycles. The molecule has 0 saturated carbocycles. The lowest BCUT2D eigenvalue weighted by Crippen LogP contribution is -2.31. The second-order valence-electron chi connectivity index (χ2n) is 4.98.